The minimum atomic E-state index is -2.96. The Morgan fingerprint density at radius 1 is 0.403 bits per heavy atom. The van der Waals surface area contributed by atoms with Crippen LogP contribution in [0.1, 0.15) is 84.0 Å². The third-order valence-corrected chi connectivity index (χ3v) is 26.8. The molecular formula is C39H88NO16RfSi5-. The number of carbonyl (C=O) groups is 1. The van der Waals surface area contributed by atoms with Crippen LogP contribution in [0, 0.1) is 17.8 Å². The summed E-state index contributed by atoms with van der Waals surface area (Å²) in [4.78, 5) is 17.7. The molecule has 17 nitrogen and oxygen atoms in total. The van der Waals surface area contributed by atoms with Gasteiger partial charge in [-0.25, -0.2) is 0 Å². The summed E-state index contributed by atoms with van der Waals surface area (Å²) in [5.74, 6) is 0.0569. The molecule has 0 N–H and O–H groups in total. The van der Waals surface area contributed by atoms with Crippen LogP contribution in [0.25, 0.3) is 0 Å². The third-order valence-electron chi connectivity index (χ3n) is 12.7. The Hall–Kier alpha value is -1.05. The smallest absolute Gasteiger partial charge is 0.377 e. The quantitative estimate of drug-likeness (QED) is 0.0361. The van der Waals surface area contributed by atoms with Gasteiger partial charge in [0.15, 0.2) is 0 Å². The van der Waals surface area contributed by atoms with Crippen molar-refractivity contribution in [2.24, 2.45) is 10.8 Å². The van der Waals surface area contributed by atoms with Crippen molar-refractivity contribution in [2.45, 2.75) is 114 Å². The average molecular weight is 1230 g/mol. The largest absolute Gasteiger partial charge is 0.500 e. The monoisotopic (exact) mass is 1230 g/mol. The summed E-state index contributed by atoms with van der Waals surface area (Å²) in [5, 5.41) is 0. The third kappa shape index (κ3) is 18.7. The van der Waals surface area contributed by atoms with E-state index in [-0.39, 0.29) is 11.3 Å². The molecule has 23 heteroatoms. The Balaban J connectivity index is 0. The van der Waals surface area contributed by atoms with Gasteiger partial charge in [0.05, 0.1) is 0 Å². The van der Waals surface area contributed by atoms with E-state index in [9.17, 15) is 0 Å². The van der Waals surface area contributed by atoms with E-state index in [4.69, 9.17) is 66.4 Å². The molecular weight excluding hydrogens is 1150 g/mol. The summed E-state index contributed by atoms with van der Waals surface area (Å²) >= 11 is 0. The fraction of sp³-hybridized carbons (Fsp3) is 0.949. The molecule has 0 aromatic rings. The van der Waals surface area contributed by atoms with Gasteiger partial charge in [-0.05, 0) is 69.6 Å². The fourth-order valence-electron chi connectivity index (χ4n) is 8.52. The molecule has 1 amide bonds. The number of unbranched alkanes of at least 4 members (excludes halogenated alkanes) is 2. The fourth-order valence-corrected chi connectivity index (χ4v) is 17.3. The zero-order valence-electron chi connectivity index (χ0n) is 41.8. The van der Waals surface area contributed by atoms with Gasteiger partial charge in [0.2, 0.25) is 5.91 Å². The predicted molar refractivity (Wildman–Crippen MR) is 246 cm³/mol. The van der Waals surface area contributed by atoms with Crippen LogP contribution in [0.2, 0.25) is 30.2 Å². The van der Waals surface area contributed by atoms with Gasteiger partial charge < -0.3 is 78.2 Å². The summed E-state index contributed by atoms with van der Waals surface area (Å²) in [6, 6.07) is 3.00. The van der Waals surface area contributed by atoms with Gasteiger partial charge in [0, 0.05) is 149 Å². The number of carbonyl (C=O) groups excluding carboxylic acids is 1. The topological polar surface area (TPSA) is 159 Å². The Kier molecular flexibility index (Phi) is 32.3. The van der Waals surface area contributed by atoms with E-state index in [1.807, 2.05) is 4.90 Å². The van der Waals surface area contributed by atoms with Crippen molar-refractivity contribution in [2.75, 3.05) is 120 Å². The van der Waals surface area contributed by atoms with E-state index in [0.29, 0.717) is 81.8 Å². The molecule has 0 fully saturated rings. The average Bonchev–Trinajstić information content (AvgIpc) is 3.30. The van der Waals surface area contributed by atoms with Gasteiger partial charge in [-0.3, -0.25) is 4.79 Å². The van der Waals surface area contributed by atoms with Crippen LogP contribution in [0.4, 0.5) is 0 Å². The van der Waals surface area contributed by atoms with Crippen molar-refractivity contribution in [1.82, 2.24) is 4.90 Å². The molecule has 0 heterocycles. The minimum Gasteiger partial charge on any atom is -0.377 e. The SMILES string of the molecule is [CH2-]CN(CC(C)(CCCC[Si](OC)(OC)OC)CCCC[Si](OC)(OC)OC)C(=O)C(CCC[Si](OC)(OC)OC)(CCC[Si](OC)(OC)OC)CCC[Si](OC)(OC)OC.[Rf]. The van der Waals surface area contributed by atoms with E-state index in [2.05, 4.69) is 13.8 Å². The molecule has 0 spiro atoms. The number of hydrogen-bond acceptors (Lipinski definition) is 16. The maximum Gasteiger partial charge on any atom is 0.500 e. The first kappa shape index (κ1) is 63.0. The van der Waals surface area contributed by atoms with Crippen LogP contribution < -0.4 is 0 Å². The van der Waals surface area contributed by atoms with E-state index in [1.165, 1.54) is 0 Å². The van der Waals surface area contributed by atoms with Crippen LogP contribution in [0.3, 0.4) is 0 Å². The Bertz CT molecular complexity index is 1010. The van der Waals surface area contributed by atoms with Crippen molar-refractivity contribution in [3.63, 3.8) is 0 Å². The van der Waals surface area contributed by atoms with Crippen LogP contribution in [0.15, 0.2) is 0 Å². The first-order chi connectivity index (χ1) is 29.0. The number of hydrogen-bond donors (Lipinski definition) is 0. The summed E-state index contributed by atoms with van der Waals surface area (Å²) in [7, 11) is 10.0. The molecule has 0 aliphatic heterocycles. The molecule has 62 heavy (non-hydrogen) atoms. The van der Waals surface area contributed by atoms with E-state index < -0.39 is 49.4 Å². The number of amides is 1. The second-order valence-corrected chi connectivity index (χ2v) is 31.2. The van der Waals surface area contributed by atoms with Gasteiger partial charge in [-0.2, -0.15) is 0 Å². The van der Waals surface area contributed by atoms with Gasteiger partial charge in [-0.15, -0.1) is 6.54 Å². The van der Waals surface area contributed by atoms with Crippen molar-refractivity contribution >= 4 is 49.9 Å². The zero-order chi connectivity index (χ0) is 46.7. The molecule has 0 saturated heterocycles. The molecule has 0 saturated carbocycles. The second kappa shape index (κ2) is 31.8. The molecule has 0 unspecified atom stereocenters. The zero-order valence-corrected chi connectivity index (χ0v) is 53.2. The molecule has 368 valence electrons. The molecule has 0 aromatic heterocycles. The molecule has 0 radical (unpaired) electrons. The van der Waals surface area contributed by atoms with Crippen molar-refractivity contribution in [1.29, 1.82) is 0 Å². The second-order valence-electron chi connectivity index (χ2n) is 15.8. The summed E-state index contributed by atoms with van der Waals surface area (Å²) in [6.45, 7) is 7.46. The number of rotatable bonds is 41. The molecule has 0 bridgehead atoms. The summed E-state index contributed by atoms with van der Waals surface area (Å²) < 4.78 is 86.7. The van der Waals surface area contributed by atoms with Crippen LogP contribution in [-0.4, -0.2) is 175 Å². The van der Waals surface area contributed by atoms with E-state index >= 15 is 4.79 Å². The maximum absolute atomic E-state index is 15.7. The maximum atomic E-state index is 15.7. The van der Waals surface area contributed by atoms with E-state index in [1.54, 1.807) is 107 Å². The normalized spacial score (nSPS) is 13.4. The number of nitrogens with zero attached hydrogens (tertiary/aromatic N) is 1. The van der Waals surface area contributed by atoms with Crippen LogP contribution in [-0.2, 0) is 71.2 Å². The van der Waals surface area contributed by atoms with Crippen LogP contribution >= 0.6 is 0 Å². The molecule has 0 rings (SSSR count). The van der Waals surface area contributed by atoms with Crippen LogP contribution in [0.5, 0.6) is 0 Å². The first-order valence-corrected chi connectivity index (χ1v) is 31.0. The van der Waals surface area contributed by atoms with Gasteiger partial charge in [-0.1, -0.05) is 19.8 Å². The molecule has 0 aliphatic carbocycles. The molecule has 0 aromatic carbocycles. The summed E-state index contributed by atoms with van der Waals surface area (Å²) in [5.41, 5.74) is -1.08. The molecule has 0 atom stereocenters. The van der Waals surface area contributed by atoms with Crippen molar-refractivity contribution < 1.29 is 71.2 Å². The standard InChI is InChI=1S/C39H88NO16Si5.Rf/c1-18-40(36-38(2,26-19-21-31-57(42-3,43-4)44-5)27-20-22-32-58(45-6,46-7)47-8)37(41)39(28-23-33-59(48-9,49-10)50-11,29-24-34-60(51-12,52-13)53-14)30-25-35-61(54-15,55-16)56-17;/h1,18-36H2,2-17H3;/q-1;. The van der Waals surface area contributed by atoms with Gasteiger partial charge in [0.25, 0.3) is 0 Å². The van der Waals surface area contributed by atoms with Crippen molar-refractivity contribution in [3.05, 3.63) is 6.92 Å². The van der Waals surface area contributed by atoms with Gasteiger partial charge >= 0.3 is 44.0 Å². The van der Waals surface area contributed by atoms with E-state index in [0.717, 1.165) is 38.5 Å². The minimum absolute atomic E-state index is 0. The Labute approximate surface area is 376 Å². The summed E-state index contributed by atoms with van der Waals surface area (Å²) in [6.07, 6.45) is 8.79. The predicted octanol–water partition coefficient (Wildman–Crippen LogP) is 6.71. The Morgan fingerprint density at radius 2 is 0.629 bits per heavy atom. The molecule has 0 aliphatic rings. The Morgan fingerprint density at radius 3 is 0.839 bits per heavy atom. The van der Waals surface area contributed by atoms with Crippen molar-refractivity contribution in [3.8, 4) is 0 Å². The first-order valence-electron chi connectivity index (χ1n) is 21.4. The van der Waals surface area contributed by atoms with Gasteiger partial charge in [0.1, 0.15) is 0 Å².